The third-order valence-corrected chi connectivity index (χ3v) is 11.8. The Bertz CT molecular complexity index is 1170. The number of aliphatic hydroxyl groups excluding tert-OH is 3. The highest BCUT2D eigenvalue weighted by molar-refractivity contribution is 7.80. The van der Waals surface area contributed by atoms with Crippen LogP contribution < -0.4 is 0 Å². The van der Waals surface area contributed by atoms with E-state index in [-0.39, 0.29) is 19.6 Å². The Balaban J connectivity index is 2.23. The minimum atomic E-state index is -5.06. The van der Waals surface area contributed by atoms with Gasteiger partial charge in [-0.25, -0.2) is 4.18 Å². The first-order chi connectivity index (χ1) is 29.6. The van der Waals surface area contributed by atoms with Crippen LogP contribution in [-0.2, 0) is 38.3 Å². The Morgan fingerprint density at radius 2 is 1.08 bits per heavy atom. The summed E-state index contributed by atoms with van der Waals surface area (Å²) >= 11 is 0. The molecule has 1 rings (SSSR count). The molecule has 0 aromatic heterocycles. The van der Waals surface area contributed by atoms with E-state index in [2.05, 4.69) is 42.3 Å². The van der Waals surface area contributed by atoms with Crippen LogP contribution in [0.1, 0.15) is 213 Å². The summed E-state index contributed by atoms with van der Waals surface area (Å²) in [7, 11) is -5.06. The van der Waals surface area contributed by atoms with Crippen molar-refractivity contribution in [3.63, 3.8) is 0 Å². The minimum absolute atomic E-state index is 0.0395. The monoisotopic (exact) mass is 891 g/mol. The predicted molar refractivity (Wildman–Crippen MR) is 244 cm³/mol. The number of unbranched alkanes of at least 4 members (excludes halogenated alkanes) is 26. The van der Waals surface area contributed by atoms with E-state index in [1.54, 1.807) is 0 Å². The molecule has 0 spiro atoms. The molecule has 1 aliphatic rings. The van der Waals surface area contributed by atoms with Crippen LogP contribution >= 0.6 is 0 Å². The van der Waals surface area contributed by atoms with Crippen LogP contribution in [-0.4, -0.2) is 97.5 Å². The van der Waals surface area contributed by atoms with Crippen LogP contribution in [0.25, 0.3) is 0 Å². The molecular weight excluding hydrogens is 801 g/mol. The number of allylic oxidation sites excluding steroid dienone is 4. The highest BCUT2D eigenvalue weighted by Crippen LogP contribution is 2.26. The Kier molecular flexibility index (Phi) is 37.9. The highest BCUT2D eigenvalue weighted by atomic mass is 32.3. The maximum absolute atomic E-state index is 12.8. The quantitative estimate of drug-likeness (QED) is 0.0197. The number of esters is 1. The number of rotatable bonds is 43. The Hall–Kier alpha value is -1.42. The second-order valence-electron chi connectivity index (χ2n) is 17.1. The van der Waals surface area contributed by atoms with Crippen molar-refractivity contribution in [3.8, 4) is 0 Å². The van der Waals surface area contributed by atoms with Crippen LogP contribution in [0, 0.1) is 0 Å². The first-order valence-electron chi connectivity index (χ1n) is 24.6. The number of ether oxygens (including phenoxy) is 4. The van der Waals surface area contributed by atoms with Gasteiger partial charge in [0.25, 0.3) is 0 Å². The second-order valence-corrected chi connectivity index (χ2v) is 18.1. The molecule has 0 aliphatic carbocycles. The van der Waals surface area contributed by atoms with Crippen LogP contribution in [0.3, 0.4) is 0 Å². The van der Waals surface area contributed by atoms with Crippen LogP contribution in [0.4, 0.5) is 0 Å². The van der Waals surface area contributed by atoms with Gasteiger partial charge >= 0.3 is 16.4 Å². The van der Waals surface area contributed by atoms with Gasteiger partial charge in [0.15, 0.2) is 6.29 Å². The van der Waals surface area contributed by atoms with Crippen molar-refractivity contribution < 1.29 is 56.2 Å². The molecule has 4 N–H and O–H groups in total. The summed E-state index contributed by atoms with van der Waals surface area (Å²) in [5.74, 6) is -0.402. The molecular formula is C48H90O12S. The SMILES string of the molecule is CCCCCCC/C=C\C/C=C\CCCCCCCCCCCCCCCCOCC(COC1OC(CO)C(O)C(OS(=O)(=O)O)C1O)OC(=O)CCCCCCCCCC. The lowest BCUT2D eigenvalue weighted by Gasteiger charge is -2.41. The van der Waals surface area contributed by atoms with Gasteiger partial charge in [-0.05, 0) is 44.9 Å². The minimum Gasteiger partial charge on any atom is -0.457 e. The van der Waals surface area contributed by atoms with Crippen LogP contribution in [0.2, 0.25) is 0 Å². The van der Waals surface area contributed by atoms with Gasteiger partial charge in [0.05, 0.1) is 19.8 Å². The molecule has 13 heteroatoms. The lowest BCUT2D eigenvalue weighted by Crippen LogP contribution is -2.60. The highest BCUT2D eigenvalue weighted by Gasteiger charge is 2.48. The molecule has 1 aliphatic heterocycles. The normalized spacial score (nSPS) is 20.3. The summed E-state index contributed by atoms with van der Waals surface area (Å²) in [6, 6.07) is 0. The summed E-state index contributed by atoms with van der Waals surface area (Å²) in [4.78, 5) is 12.8. The van der Waals surface area contributed by atoms with Gasteiger partial charge in [0.1, 0.15) is 30.5 Å². The van der Waals surface area contributed by atoms with E-state index in [0.29, 0.717) is 13.0 Å². The topological polar surface area (TPSA) is 178 Å². The molecule has 0 aromatic rings. The summed E-state index contributed by atoms with van der Waals surface area (Å²) in [6.45, 7) is 3.96. The average Bonchev–Trinajstić information content (AvgIpc) is 3.23. The molecule has 0 aromatic carbocycles. The number of carbonyl (C=O) groups excluding carboxylic acids is 1. The lowest BCUT2D eigenvalue weighted by atomic mass is 9.99. The molecule has 6 atom stereocenters. The average molecular weight is 891 g/mol. The summed E-state index contributed by atoms with van der Waals surface area (Å²) in [5.41, 5.74) is 0. The number of carbonyl (C=O) groups is 1. The number of hydrogen-bond donors (Lipinski definition) is 4. The lowest BCUT2D eigenvalue weighted by molar-refractivity contribution is -0.301. The van der Waals surface area contributed by atoms with Crippen molar-refractivity contribution in [2.75, 3.05) is 26.4 Å². The molecule has 12 nitrogen and oxygen atoms in total. The Morgan fingerprint density at radius 3 is 1.56 bits per heavy atom. The fourth-order valence-corrected chi connectivity index (χ4v) is 8.09. The van der Waals surface area contributed by atoms with Crippen molar-refractivity contribution in [2.24, 2.45) is 0 Å². The maximum atomic E-state index is 12.8. The molecule has 0 saturated carbocycles. The largest absolute Gasteiger partial charge is 0.457 e. The van der Waals surface area contributed by atoms with E-state index in [1.807, 2.05) is 0 Å². The van der Waals surface area contributed by atoms with Crippen molar-refractivity contribution in [3.05, 3.63) is 24.3 Å². The first kappa shape index (κ1) is 57.6. The smallest absolute Gasteiger partial charge is 0.397 e. The molecule has 360 valence electrons. The van der Waals surface area contributed by atoms with E-state index in [1.165, 1.54) is 141 Å². The molecule has 0 radical (unpaired) electrons. The summed E-state index contributed by atoms with van der Waals surface area (Å²) in [6.07, 6.45) is 36.8. The molecule has 0 amide bonds. The zero-order chi connectivity index (χ0) is 44.7. The van der Waals surface area contributed by atoms with E-state index in [0.717, 1.165) is 44.9 Å². The molecule has 0 bridgehead atoms. The van der Waals surface area contributed by atoms with Crippen molar-refractivity contribution >= 4 is 16.4 Å². The van der Waals surface area contributed by atoms with Gasteiger partial charge < -0.3 is 34.3 Å². The second kappa shape index (κ2) is 40.1. The fraction of sp³-hybridized carbons (Fsp3) is 0.896. The number of hydrogen-bond acceptors (Lipinski definition) is 11. The molecule has 61 heavy (non-hydrogen) atoms. The Labute approximate surface area is 371 Å². The molecule has 1 saturated heterocycles. The molecule has 1 heterocycles. The van der Waals surface area contributed by atoms with Gasteiger partial charge in [-0.1, -0.05) is 186 Å². The summed E-state index contributed by atoms with van der Waals surface area (Å²) in [5, 5.41) is 30.6. The van der Waals surface area contributed by atoms with Crippen molar-refractivity contribution in [2.45, 2.75) is 250 Å². The fourth-order valence-electron chi connectivity index (χ4n) is 7.59. The summed E-state index contributed by atoms with van der Waals surface area (Å²) < 4.78 is 59.0. The Morgan fingerprint density at radius 1 is 0.623 bits per heavy atom. The maximum Gasteiger partial charge on any atom is 0.397 e. The number of aliphatic hydroxyl groups is 3. The zero-order valence-electron chi connectivity index (χ0n) is 38.5. The van der Waals surface area contributed by atoms with Crippen LogP contribution in [0.15, 0.2) is 24.3 Å². The van der Waals surface area contributed by atoms with E-state index in [9.17, 15) is 28.5 Å². The zero-order valence-corrected chi connectivity index (χ0v) is 39.3. The predicted octanol–water partition coefficient (Wildman–Crippen LogP) is 10.8. The van der Waals surface area contributed by atoms with Crippen LogP contribution in [0.5, 0.6) is 0 Å². The molecule has 1 fully saturated rings. The third-order valence-electron chi connectivity index (χ3n) is 11.3. The van der Waals surface area contributed by atoms with Crippen molar-refractivity contribution in [1.29, 1.82) is 0 Å². The van der Waals surface area contributed by atoms with Crippen molar-refractivity contribution in [1.82, 2.24) is 0 Å². The third kappa shape index (κ3) is 33.7. The van der Waals surface area contributed by atoms with Gasteiger partial charge in [-0.15, -0.1) is 0 Å². The van der Waals surface area contributed by atoms with E-state index in [4.69, 9.17) is 23.5 Å². The first-order valence-corrected chi connectivity index (χ1v) is 26.0. The molecule has 6 unspecified atom stereocenters. The van der Waals surface area contributed by atoms with Gasteiger partial charge in [-0.3, -0.25) is 9.35 Å². The van der Waals surface area contributed by atoms with Gasteiger partial charge in [0, 0.05) is 13.0 Å². The van der Waals surface area contributed by atoms with E-state index < -0.39 is 59.8 Å². The van der Waals surface area contributed by atoms with Gasteiger partial charge in [0.2, 0.25) is 0 Å². The van der Waals surface area contributed by atoms with Gasteiger partial charge in [-0.2, -0.15) is 8.42 Å². The standard InChI is InChI=1S/C48H90O12S/c1-3-5-7-9-11-13-14-15-16-17-18-19-20-21-22-23-24-25-26-27-28-29-30-32-34-36-38-56-40-42(58-44(50)37-35-33-31-12-10-8-6-4-2)41-57-48-46(52)47(60-61(53,54)55)45(51)43(39-49)59-48/h14-15,17-18,42-43,45-49,51-52H,3-13,16,19-41H2,1-2H3,(H,53,54,55)/b15-14-,18-17-. The van der Waals surface area contributed by atoms with E-state index >= 15 is 0 Å².